The summed E-state index contributed by atoms with van der Waals surface area (Å²) in [6.07, 6.45) is 1.22. The number of carbonyl (C=O) groups is 2. The lowest BCUT2D eigenvalue weighted by Crippen LogP contribution is -2.48. The molecule has 11 heteroatoms. The first-order chi connectivity index (χ1) is 17.8. The maximum absolute atomic E-state index is 15.0. The normalized spacial score (nSPS) is 14.4. The molecule has 1 aliphatic rings. The number of pyridine rings is 2. The summed E-state index contributed by atoms with van der Waals surface area (Å²) in [6.45, 7) is 3.68. The number of carbonyl (C=O) groups excluding carboxylic acids is 1. The van der Waals surface area contributed by atoms with Gasteiger partial charge in [-0.25, -0.2) is 19.0 Å². The number of Topliss-reactive ketones (excluding diaryl/α,β-unsaturated/α-hetero) is 1. The predicted octanol–water partition coefficient (Wildman–Crippen LogP) is 2.37. The average Bonchev–Trinajstić information content (AvgIpc) is 2.88. The van der Waals surface area contributed by atoms with Crippen molar-refractivity contribution >= 4 is 39.6 Å². The molecule has 0 aliphatic carbocycles. The molecule has 0 radical (unpaired) electrons. The van der Waals surface area contributed by atoms with Crippen molar-refractivity contribution in [3.63, 3.8) is 0 Å². The van der Waals surface area contributed by atoms with Gasteiger partial charge in [-0.3, -0.25) is 14.5 Å². The number of carboxylic acid groups (broad SMARTS) is 1. The number of nitrogens with zero attached hydrogens (tertiary/aromatic N) is 4. The molecular formula is C26H23FN4O6. The molecule has 1 fully saturated rings. The largest absolute Gasteiger partial charge is 0.477 e. The summed E-state index contributed by atoms with van der Waals surface area (Å²) in [7, 11) is 0. The van der Waals surface area contributed by atoms with E-state index in [0.717, 1.165) is 6.07 Å². The third kappa shape index (κ3) is 4.49. The van der Waals surface area contributed by atoms with E-state index in [2.05, 4.69) is 4.98 Å². The SMILES string of the molecule is CCn1cc(C(=O)O)c(=O)c2cc(F)c(N3CCN(CC(=O)c4cc5ccccc5oc4=O)CC3)nc21. The van der Waals surface area contributed by atoms with Gasteiger partial charge in [-0.2, -0.15) is 0 Å². The number of carboxylic acids is 1. The Labute approximate surface area is 209 Å². The Morgan fingerprint density at radius 2 is 1.81 bits per heavy atom. The number of aromatic carboxylic acids is 1. The van der Waals surface area contributed by atoms with Gasteiger partial charge in [0.25, 0.3) is 0 Å². The van der Waals surface area contributed by atoms with Crippen molar-refractivity contribution in [3.05, 3.63) is 80.2 Å². The van der Waals surface area contributed by atoms with Crippen LogP contribution in [-0.2, 0) is 6.54 Å². The van der Waals surface area contributed by atoms with Crippen molar-refractivity contribution < 1.29 is 23.5 Å². The van der Waals surface area contributed by atoms with Gasteiger partial charge in [0.05, 0.1) is 11.9 Å². The minimum Gasteiger partial charge on any atom is -0.477 e. The summed E-state index contributed by atoms with van der Waals surface area (Å²) < 4.78 is 21.8. The van der Waals surface area contributed by atoms with E-state index in [1.807, 2.05) is 4.90 Å². The van der Waals surface area contributed by atoms with E-state index >= 15 is 4.39 Å². The molecule has 1 aromatic carbocycles. The van der Waals surface area contributed by atoms with Gasteiger partial charge < -0.3 is 19.0 Å². The maximum atomic E-state index is 15.0. The van der Waals surface area contributed by atoms with E-state index < -0.39 is 28.4 Å². The fraction of sp³-hybridized carbons (Fsp3) is 0.269. The Bertz CT molecular complexity index is 1670. The molecule has 5 rings (SSSR count). The van der Waals surface area contributed by atoms with Crippen LogP contribution in [0.15, 0.2) is 56.6 Å². The lowest BCUT2D eigenvalue weighted by atomic mass is 10.1. The average molecular weight is 506 g/mol. The molecule has 3 aromatic heterocycles. The van der Waals surface area contributed by atoms with Crippen LogP contribution in [0.2, 0.25) is 0 Å². The molecule has 0 unspecified atom stereocenters. The van der Waals surface area contributed by atoms with Gasteiger partial charge in [0.15, 0.2) is 17.4 Å². The van der Waals surface area contributed by atoms with Crippen LogP contribution in [0.5, 0.6) is 0 Å². The molecule has 37 heavy (non-hydrogen) atoms. The number of anilines is 1. The van der Waals surface area contributed by atoms with E-state index in [1.54, 1.807) is 36.1 Å². The zero-order valence-corrected chi connectivity index (χ0v) is 19.9. The molecule has 0 bridgehead atoms. The van der Waals surface area contributed by atoms with Crippen molar-refractivity contribution in [1.29, 1.82) is 0 Å². The second-order valence-electron chi connectivity index (χ2n) is 8.80. The molecular weight excluding hydrogens is 483 g/mol. The van der Waals surface area contributed by atoms with Crippen LogP contribution in [-0.4, -0.2) is 64.0 Å². The van der Waals surface area contributed by atoms with E-state index in [-0.39, 0.29) is 34.7 Å². The van der Waals surface area contributed by atoms with Crippen LogP contribution in [0, 0.1) is 5.82 Å². The molecule has 0 atom stereocenters. The predicted molar refractivity (Wildman–Crippen MR) is 134 cm³/mol. The first-order valence-electron chi connectivity index (χ1n) is 11.8. The summed E-state index contributed by atoms with van der Waals surface area (Å²) in [4.78, 5) is 57.1. The summed E-state index contributed by atoms with van der Waals surface area (Å²) in [5, 5.41) is 9.87. The van der Waals surface area contributed by atoms with Crippen LogP contribution in [0.3, 0.4) is 0 Å². The number of fused-ring (bicyclic) bond motifs is 2. The highest BCUT2D eigenvalue weighted by molar-refractivity contribution is 5.99. The second kappa shape index (κ2) is 9.58. The number of benzene rings is 1. The van der Waals surface area contributed by atoms with Gasteiger partial charge in [-0.15, -0.1) is 0 Å². The molecule has 4 aromatic rings. The molecule has 1 saturated heterocycles. The van der Waals surface area contributed by atoms with E-state index in [4.69, 9.17) is 4.42 Å². The third-order valence-corrected chi connectivity index (χ3v) is 6.54. The van der Waals surface area contributed by atoms with Crippen LogP contribution >= 0.6 is 0 Å². The van der Waals surface area contributed by atoms with Gasteiger partial charge in [0.1, 0.15) is 22.4 Å². The van der Waals surface area contributed by atoms with Crippen molar-refractivity contribution in [2.24, 2.45) is 0 Å². The fourth-order valence-corrected chi connectivity index (χ4v) is 4.55. The quantitative estimate of drug-likeness (QED) is 0.310. The Morgan fingerprint density at radius 1 is 1.08 bits per heavy atom. The number of rotatable bonds is 6. The van der Waals surface area contributed by atoms with Crippen molar-refractivity contribution in [1.82, 2.24) is 14.5 Å². The minimum atomic E-state index is -1.38. The van der Waals surface area contributed by atoms with Gasteiger partial charge in [0, 0.05) is 44.3 Å². The van der Waals surface area contributed by atoms with Crippen molar-refractivity contribution in [2.45, 2.75) is 13.5 Å². The highest BCUT2D eigenvalue weighted by atomic mass is 19.1. The summed E-state index contributed by atoms with van der Waals surface area (Å²) in [6, 6.07) is 9.54. The number of aryl methyl sites for hydroxylation is 1. The number of hydrogen-bond acceptors (Lipinski definition) is 8. The van der Waals surface area contributed by atoms with Crippen LogP contribution in [0.25, 0.3) is 22.0 Å². The molecule has 10 nitrogen and oxygen atoms in total. The van der Waals surface area contributed by atoms with Crippen LogP contribution < -0.4 is 16.0 Å². The lowest BCUT2D eigenvalue weighted by Gasteiger charge is -2.35. The molecule has 190 valence electrons. The first kappa shape index (κ1) is 24.3. The van der Waals surface area contributed by atoms with Gasteiger partial charge in [-0.1, -0.05) is 18.2 Å². The summed E-state index contributed by atoms with van der Waals surface area (Å²) >= 11 is 0. The Morgan fingerprint density at radius 3 is 2.51 bits per heavy atom. The Hall–Kier alpha value is -4.38. The maximum Gasteiger partial charge on any atom is 0.347 e. The van der Waals surface area contributed by atoms with Crippen LogP contribution in [0.4, 0.5) is 10.2 Å². The molecule has 0 saturated carbocycles. The monoisotopic (exact) mass is 506 g/mol. The lowest BCUT2D eigenvalue weighted by molar-refractivity contribution is 0.0694. The number of piperazine rings is 1. The number of hydrogen-bond donors (Lipinski definition) is 1. The minimum absolute atomic E-state index is 0.0118. The van der Waals surface area contributed by atoms with Crippen molar-refractivity contribution in [3.8, 4) is 0 Å². The zero-order valence-electron chi connectivity index (χ0n) is 19.9. The van der Waals surface area contributed by atoms with Gasteiger partial charge in [0.2, 0.25) is 5.43 Å². The second-order valence-corrected chi connectivity index (χ2v) is 8.80. The molecule has 1 aliphatic heterocycles. The fourth-order valence-electron chi connectivity index (χ4n) is 4.55. The topological polar surface area (TPSA) is 126 Å². The summed E-state index contributed by atoms with van der Waals surface area (Å²) in [5.74, 6) is -2.42. The number of ketones is 1. The number of halogens is 1. The van der Waals surface area contributed by atoms with E-state index in [1.165, 1.54) is 16.8 Å². The Balaban J connectivity index is 1.34. The highest BCUT2D eigenvalue weighted by Gasteiger charge is 2.25. The van der Waals surface area contributed by atoms with E-state index in [9.17, 15) is 24.3 Å². The molecule has 1 N–H and O–H groups in total. The standard InChI is InChI=1S/C26H23FN4O6/c1-2-30-13-18(25(34)35)22(33)17-12-19(27)24(28-23(17)30)31-9-7-29(8-10-31)14-20(32)16-11-15-5-3-4-6-21(15)37-26(16)36/h3-6,11-13H,2,7-10,14H2,1H3,(H,34,35). The smallest absolute Gasteiger partial charge is 0.347 e. The molecule has 0 amide bonds. The van der Waals surface area contributed by atoms with E-state index in [0.29, 0.717) is 43.7 Å². The van der Waals surface area contributed by atoms with Gasteiger partial charge in [-0.05, 0) is 25.1 Å². The molecule has 0 spiro atoms. The van der Waals surface area contributed by atoms with Crippen LogP contribution in [0.1, 0.15) is 27.6 Å². The zero-order chi connectivity index (χ0) is 26.3. The first-order valence-corrected chi connectivity index (χ1v) is 11.8. The van der Waals surface area contributed by atoms with Crippen molar-refractivity contribution in [2.75, 3.05) is 37.6 Å². The summed E-state index contributed by atoms with van der Waals surface area (Å²) in [5.41, 5.74) is -1.31. The third-order valence-electron chi connectivity index (χ3n) is 6.54. The number of aromatic nitrogens is 2. The Kier molecular flexibility index (Phi) is 6.30. The number of para-hydroxylation sites is 1. The highest BCUT2D eigenvalue weighted by Crippen LogP contribution is 2.23. The van der Waals surface area contributed by atoms with Gasteiger partial charge >= 0.3 is 11.6 Å². The molecule has 4 heterocycles.